The Morgan fingerprint density at radius 2 is 1.67 bits per heavy atom. The number of carbonyl (C=O) groups excluding carboxylic acids is 1. The zero-order valence-electron chi connectivity index (χ0n) is 4.82. The Balaban J connectivity index is 0. The minimum absolute atomic E-state index is 1.86. The average molecular weight is 119 g/mol. The Labute approximate surface area is 53.3 Å². The Bertz CT molecular complexity index is 204. The van der Waals surface area contributed by atoms with Crippen LogP contribution < -0.4 is 0 Å². The molecule has 2 heteroatoms. The molecule has 0 rings (SSSR count). The molecule has 0 fully saturated rings. The fraction of sp³-hybridized carbons (Fsp3) is 0. The quantitative estimate of drug-likeness (QED) is 0.373. The molecular formula is C7H5NO. The fourth-order valence-electron chi connectivity index (χ4n) is 0.107. The molecule has 0 aliphatic rings. The van der Waals surface area contributed by atoms with Gasteiger partial charge in [0.25, 0.3) is 0 Å². The summed E-state index contributed by atoms with van der Waals surface area (Å²) in [6.45, 7) is 5.20. The van der Waals surface area contributed by atoms with Gasteiger partial charge >= 0.3 is 0 Å². The molecule has 0 aromatic heterocycles. The van der Waals surface area contributed by atoms with Gasteiger partial charge in [0.05, 0.1) is 0 Å². The van der Waals surface area contributed by atoms with Gasteiger partial charge in [-0.05, 0) is 12.3 Å². The summed E-state index contributed by atoms with van der Waals surface area (Å²) in [5, 5.41) is 6.27. The molecule has 44 valence electrons. The van der Waals surface area contributed by atoms with Crippen LogP contribution in [0.4, 0.5) is 0 Å². The van der Waals surface area contributed by atoms with E-state index in [1.54, 1.807) is 0 Å². The van der Waals surface area contributed by atoms with Gasteiger partial charge in [0, 0.05) is 17.3 Å². The molecule has 1 N–H and O–H groups in total. The predicted octanol–water partition coefficient (Wildman–Crippen LogP) is 0.856. The zero-order valence-corrected chi connectivity index (χ0v) is 4.82. The predicted molar refractivity (Wildman–Crippen MR) is 34.5 cm³/mol. The molecule has 0 aliphatic heterocycles. The van der Waals surface area contributed by atoms with E-state index in [-0.39, 0.29) is 0 Å². The third kappa shape index (κ3) is 22.4. The standard InChI is InChI=1S/C6H3N.CH2O/c1-2-3-4-5-6-7;1-2/h7H,1H2;1H2. The summed E-state index contributed by atoms with van der Waals surface area (Å²) in [7, 11) is 0. The lowest BCUT2D eigenvalue weighted by Crippen LogP contribution is -1.25. The van der Waals surface area contributed by atoms with Crippen molar-refractivity contribution in [2.75, 3.05) is 0 Å². The van der Waals surface area contributed by atoms with Crippen LogP contribution in [0.25, 0.3) is 0 Å². The Morgan fingerprint density at radius 1 is 1.11 bits per heavy atom. The van der Waals surface area contributed by atoms with Gasteiger partial charge in [0.15, 0.2) is 0 Å². The molecule has 9 heavy (non-hydrogen) atoms. The zero-order chi connectivity index (χ0) is 7.54. The van der Waals surface area contributed by atoms with Crippen LogP contribution in [0, 0.1) is 5.41 Å². The van der Waals surface area contributed by atoms with Crippen molar-refractivity contribution >= 4 is 12.7 Å². The smallest absolute Gasteiger partial charge is 0.106 e. The molecule has 0 saturated carbocycles. The van der Waals surface area contributed by atoms with Crippen molar-refractivity contribution in [3.63, 3.8) is 0 Å². The van der Waals surface area contributed by atoms with E-state index in [2.05, 4.69) is 29.5 Å². The van der Waals surface area contributed by atoms with Crippen LogP contribution >= 0.6 is 0 Å². The normalized spacial score (nSPS) is 3.11. The SMILES string of the molecule is C=C=C=C=C=C=N.C=O. The first-order chi connectivity index (χ1) is 4.41. The van der Waals surface area contributed by atoms with Crippen molar-refractivity contribution in [2.24, 2.45) is 0 Å². The van der Waals surface area contributed by atoms with Crippen LogP contribution in [0.2, 0.25) is 0 Å². The number of hydrogen-bond donors (Lipinski definition) is 1. The van der Waals surface area contributed by atoms with Gasteiger partial charge in [0.2, 0.25) is 0 Å². The third-order valence-corrected chi connectivity index (χ3v) is 0.276. The molecule has 0 atom stereocenters. The van der Waals surface area contributed by atoms with Crippen molar-refractivity contribution in [3.8, 4) is 0 Å². The first-order valence-electron chi connectivity index (χ1n) is 1.89. The molecular weight excluding hydrogens is 114 g/mol. The molecule has 0 aromatic carbocycles. The van der Waals surface area contributed by atoms with E-state index in [1.165, 1.54) is 0 Å². The summed E-state index contributed by atoms with van der Waals surface area (Å²) < 4.78 is 0. The first-order valence-corrected chi connectivity index (χ1v) is 1.89. The molecule has 0 spiro atoms. The second-order valence-electron chi connectivity index (χ2n) is 0.677. The topological polar surface area (TPSA) is 40.9 Å². The maximum Gasteiger partial charge on any atom is 0.106 e. The van der Waals surface area contributed by atoms with Gasteiger partial charge < -0.3 is 4.79 Å². The third-order valence-electron chi connectivity index (χ3n) is 0.276. The summed E-state index contributed by atoms with van der Waals surface area (Å²) in [5.74, 6) is 1.86. The van der Waals surface area contributed by atoms with Crippen molar-refractivity contribution in [3.05, 3.63) is 29.5 Å². The number of nitrogens with one attached hydrogen (secondary N) is 1. The number of carbonyl (C=O) groups is 1. The highest BCUT2D eigenvalue weighted by Crippen LogP contribution is 1.43. The Hall–Kier alpha value is -1.76. The summed E-state index contributed by atoms with van der Waals surface area (Å²) in [4.78, 5) is 8.00. The largest absolute Gasteiger partial charge is 0.307 e. The van der Waals surface area contributed by atoms with E-state index in [0.29, 0.717) is 0 Å². The number of hydrogen-bond acceptors (Lipinski definition) is 2. The lowest BCUT2D eigenvalue weighted by Gasteiger charge is -1.32. The second-order valence-corrected chi connectivity index (χ2v) is 0.677. The highest BCUT2D eigenvalue weighted by atomic mass is 16.1. The maximum atomic E-state index is 8.00. The van der Waals surface area contributed by atoms with Gasteiger partial charge in [-0.2, -0.15) is 0 Å². The molecule has 2 nitrogen and oxygen atoms in total. The van der Waals surface area contributed by atoms with Gasteiger partial charge in [0.1, 0.15) is 6.79 Å². The molecule has 0 unspecified atom stereocenters. The Morgan fingerprint density at radius 3 is 2.00 bits per heavy atom. The van der Waals surface area contributed by atoms with Crippen LogP contribution in [-0.2, 0) is 4.79 Å². The maximum absolute atomic E-state index is 8.00. The van der Waals surface area contributed by atoms with Gasteiger partial charge in [-0.3, -0.25) is 5.41 Å². The molecule has 0 radical (unpaired) electrons. The van der Waals surface area contributed by atoms with E-state index < -0.39 is 0 Å². The van der Waals surface area contributed by atoms with Crippen LogP contribution in [0.1, 0.15) is 0 Å². The number of rotatable bonds is 0. The molecule has 0 aromatic rings. The van der Waals surface area contributed by atoms with Gasteiger partial charge in [-0.1, -0.05) is 5.73 Å². The van der Waals surface area contributed by atoms with Crippen LogP contribution in [-0.4, -0.2) is 12.7 Å². The van der Waals surface area contributed by atoms with Crippen LogP contribution in [0.15, 0.2) is 29.5 Å². The lowest BCUT2D eigenvalue weighted by atomic mass is 10.7. The van der Waals surface area contributed by atoms with E-state index in [4.69, 9.17) is 10.2 Å². The minimum Gasteiger partial charge on any atom is -0.307 e. The highest BCUT2D eigenvalue weighted by molar-refractivity contribution is 5.45. The highest BCUT2D eigenvalue weighted by Gasteiger charge is 1.30. The van der Waals surface area contributed by atoms with Crippen LogP contribution in [0.5, 0.6) is 0 Å². The van der Waals surface area contributed by atoms with Crippen molar-refractivity contribution in [1.82, 2.24) is 0 Å². The van der Waals surface area contributed by atoms with E-state index in [9.17, 15) is 0 Å². The molecule has 0 bridgehead atoms. The summed E-state index contributed by atoms with van der Waals surface area (Å²) >= 11 is 0. The monoisotopic (exact) mass is 119 g/mol. The van der Waals surface area contributed by atoms with E-state index in [0.717, 1.165) is 0 Å². The molecule has 0 amide bonds. The van der Waals surface area contributed by atoms with Crippen LogP contribution in [0.3, 0.4) is 0 Å². The fourth-order valence-corrected chi connectivity index (χ4v) is 0.107. The summed E-state index contributed by atoms with van der Waals surface area (Å²) in [5.41, 5.74) is 9.16. The van der Waals surface area contributed by atoms with E-state index >= 15 is 0 Å². The molecule has 0 aliphatic carbocycles. The first kappa shape index (κ1) is 10.3. The lowest BCUT2D eigenvalue weighted by molar-refractivity contribution is -0.0979. The molecule has 0 heterocycles. The minimum atomic E-state index is 1.86. The van der Waals surface area contributed by atoms with Crippen molar-refractivity contribution < 1.29 is 4.79 Å². The summed E-state index contributed by atoms with van der Waals surface area (Å²) in [6.07, 6.45) is 0. The van der Waals surface area contributed by atoms with Gasteiger partial charge in [-0.25, -0.2) is 0 Å². The van der Waals surface area contributed by atoms with Crippen molar-refractivity contribution in [2.45, 2.75) is 0 Å². The Kier molecular flexibility index (Phi) is 18.6. The average Bonchev–Trinajstić information content (AvgIpc) is 1.94. The molecule has 0 saturated heterocycles. The van der Waals surface area contributed by atoms with E-state index in [1.807, 2.05) is 12.7 Å². The second kappa shape index (κ2) is 16.3. The van der Waals surface area contributed by atoms with Gasteiger partial charge in [-0.15, -0.1) is 0 Å². The van der Waals surface area contributed by atoms with Crippen molar-refractivity contribution in [1.29, 1.82) is 5.41 Å². The summed E-state index contributed by atoms with van der Waals surface area (Å²) in [6, 6.07) is 0.